The summed E-state index contributed by atoms with van der Waals surface area (Å²) in [5.41, 5.74) is 4.64. The molecule has 4 rings (SSSR count). The van der Waals surface area contributed by atoms with E-state index in [0.717, 1.165) is 27.9 Å². The predicted molar refractivity (Wildman–Crippen MR) is 127 cm³/mol. The van der Waals surface area contributed by atoms with Gasteiger partial charge in [-0.25, -0.2) is 4.98 Å². The van der Waals surface area contributed by atoms with Crippen molar-refractivity contribution in [3.8, 4) is 23.0 Å². The summed E-state index contributed by atoms with van der Waals surface area (Å²) in [7, 11) is 3.05. The minimum absolute atomic E-state index is 0.176. The van der Waals surface area contributed by atoms with Crippen LogP contribution < -0.4 is 20.1 Å². The standard InChI is InChI=1S/C24H21N3O4S/c1-14-4-10-19-18(12-14)26-23(31-19)15-5-8-17(9-6-15)25-24(32)27-22(28)16-7-11-20(29-2)21(13-16)30-3/h4-13H,1-3H3,(H2,25,27,28,32). The minimum atomic E-state index is -0.359. The van der Waals surface area contributed by atoms with E-state index in [1.165, 1.54) is 14.2 Å². The van der Waals surface area contributed by atoms with E-state index in [4.69, 9.17) is 26.1 Å². The van der Waals surface area contributed by atoms with Crippen molar-refractivity contribution < 1.29 is 18.7 Å². The summed E-state index contributed by atoms with van der Waals surface area (Å²) in [5.74, 6) is 1.19. The molecule has 0 aliphatic heterocycles. The maximum Gasteiger partial charge on any atom is 0.257 e. The van der Waals surface area contributed by atoms with Crippen LogP contribution in [0.2, 0.25) is 0 Å². The highest BCUT2D eigenvalue weighted by Crippen LogP contribution is 2.28. The Bertz CT molecular complexity index is 1300. The fourth-order valence-corrected chi connectivity index (χ4v) is 3.38. The second-order valence-electron chi connectivity index (χ2n) is 7.05. The first-order valence-corrected chi connectivity index (χ1v) is 10.2. The Morgan fingerprint density at radius 1 is 0.969 bits per heavy atom. The summed E-state index contributed by atoms with van der Waals surface area (Å²) in [4.78, 5) is 17.1. The van der Waals surface area contributed by atoms with Gasteiger partial charge in [-0.1, -0.05) is 6.07 Å². The van der Waals surface area contributed by atoms with Gasteiger partial charge >= 0.3 is 0 Å². The number of carbonyl (C=O) groups is 1. The molecule has 1 heterocycles. The summed E-state index contributed by atoms with van der Waals surface area (Å²) in [6.07, 6.45) is 0. The lowest BCUT2D eigenvalue weighted by Crippen LogP contribution is -2.34. The number of nitrogens with one attached hydrogen (secondary N) is 2. The van der Waals surface area contributed by atoms with Gasteiger partial charge in [-0.3, -0.25) is 10.1 Å². The summed E-state index contributed by atoms with van der Waals surface area (Å²) in [5, 5.41) is 5.83. The van der Waals surface area contributed by atoms with Crippen molar-refractivity contribution in [1.82, 2.24) is 10.3 Å². The molecule has 1 aromatic heterocycles. The van der Waals surface area contributed by atoms with Gasteiger partial charge in [0.05, 0.1) is 14.2 Å². The van der Waals surface area contributed by atoms with Crippen LogP contribution in [0.15, 0.2) is 65.1 Å². The van der Waals surface area contributed by atoms with Gasteiger partial charge < -0.3 is 19.2 Å². The van der Waals surface area contributed by atoms with Gasteiger partial charge in [0, 0.05) is 16.8 Å². The number of rotatable bonds is 5. The zero-order valence-electron chi connectivity index (χ0n) is 17.8. The highest BCUT2D eigenvalue weighted by molar-refractivity contribution is 7.80. The van der Waals surface area contributed by atoms with Crippen molar-refractivity contribution >= 4 is 40.0 Å². The second kappa shape index (κ2) is 9.07. The van der Waals surface area contributed by atoms with Crippen LogP contribution in [0.3, 0.4) is 0 Å². The number of amides is 1. The molecule has 0 fully saturated rings. The van der Waals surface area contributed by atoms with Crippen LogP contribution in [0.1, 0.15) is 15.9 Å². The van der Waals surface area contributed by atoms with Gasteiger partial charge in [0.25, 0.3) is 5.91 Å². The first kappa shape index (κ1) is 21.3. The average molecular weight is 448 g/mol. The number of anilines is 1. The van der Waals surface area contributed by atoms with Crippen LogP contribution in [0, 0.1) is 6.92 Å². The van der Waals surface area contributed by atoms with Gasteiger partial charge in [0.15, 0.2) is 22.2 Å². The normalized spacial score (nSPS) is 10.6. The van der Waals surface area contributed by atoms with Gasteiger partial charge in [0.2, 0.25) is 5.89 Å². The third-order valence-corrected chi connectivity index (χ3v) is 5.01. The summed E-state index contributed by atoms with van der Waals surface area (Å²) < 4.78 is 16.3. The highest BCUT2D eigenvalue weighted by Gasteiger charge is 2.13. The molecular formula is C24H21N3O4S. The number of hydrogen-bond acceptors (Lipinski definition) is 6. The van der Waals surface area contributed by atoms with E-state index >= 15 is 0 Å². The first-order chi connectivity index (χ1) is 15.5. The molecule has 0 atom stereocenters. The van der Waals surface area contributed by atoms with Crippen LogP contribution in [0.4, 0.5) is 5.69 Å². The highest BCUT2D eigenvalue weighted by atomic mass is 32.1. The molecule has 7 nitrogen and oxygen atoms in total. The zero-order chi connectivity index (χ0) is 22.7. The molecule has 0 aliphatic rings. The summed E-state index contributed by atoms with van der Waals surface area (Å²) >= 11 is 5.27. The lowest BCUT2D eigenvalue weighted by molar-refractivity contribution is 0.0977. The molecule has 0 spiro atoms. The predicted octanol–water partition coefficient (Wildman–Crippen LogP) is 4.95. The fraction of sp³-hybridized carbons (Fsp3) is 0.125. The molecule has 8 heteroatoms. The van der Waals surface area contributed by atoms with Crippen molar-refractivity contribution in [2.75, 3.05) is 19.5 Å². The average Bonchev–Trinajstić information content (AvgIpc) is 3.22. The van der Waals surface area contributed by atoms with Crippen molar-refractivity contribution in [2.45, 2.75) is 6.92 Å². The Hall–Kier alpha value is -3.91. The number of hydrogen-bond donors (Lipinski definition) is 2. The number of oxazole rings is 1. The third-order valence-electron chi connectivity index (χ3n) is 4.81. The Labute approximate surface area is 190 Å². The number of aryl methyl sites for hydroxylation is 1. The van der Waals surface area contributed by atoms with E-state index in [1.54, 1.807) is 18.2 Å². The molecular weight excluding hydrogens is 426 g/mol. The molecule has 0 saturated heterocycles. The lowest BCUT2D eigenvalue weighted by Gasteiger charge is -2.12. The fourth-order valence-electron chi connectivity index (χ4n) is 3.17. The SMILES string of the molecule is COc1ccc(C(=O)NC(=S)Nc2ccc(-c3nc4cc(C)ccc4o3)cc2)cc1OC. The number of methoxy groups -OCH3 is 2. The van der Waals surface area contributed by atoms with Crippen LogP contribution in [0.5, 0.6) is 11.5 Å². The maximum atomic E-state index is 12.5. The third kappa shape index (κ3) is 4.55. The van der Waals surface area contributed by atoms with Crippen LogP contribution in [-0.2, 0) is 0 Å². The zero-order valence-corrected chi connectivity index (χ0v) is 18.6. The number of fused-ring (bicyclic) bond motifs is 1. The molecule has 162 valence electrons. The van der Waals surface area contributed by atoms with Crippen molar-refractivity contribution in [2.24, 2.45) is 0 Å². The first-order valence-electron chi connectivity index (χ1n) is 9.79. The van der Waals surface area contributed by atoms with Gasteiger partial charge in [0.1, 0.15) is 5.52 Å². The quantitative estimate of drug-likeness (QED) is 0.419. The second-order valence-corrected chi connectivity index (χ2v) is 7.45. The Morgan fingerprint density at radius 2 is 1.72 bits per heavy atom. The molecule has 0 bridgehead atoms. The van der Waals surface area contributed by atoms with E-state index in [9.17, 15) is 4.79 Å². The van der Waals surface area contributed by atoms with Crippen molar-refractivity contribution in [1.29, 1.82) is 0 Å². The van der Waals surface area contributed by atoms with E-state index in [2.05, 4.69) is 15.6 Å². The Kier molecular flexibility index (Phi) is 6.04. The van der Waals surface area contributed by atoms with Gasteiger partial charge in [-0.15, -0.1) is 0 Å². The largest absolute Gasteiger partial charge is 0.493 e. The van der Waals surface area contributed by atoms with Crippen LogP contribution in [0.25, 0.3) is 22.6 Å². The van der Waals surface area contributed by atoms with Gasteiger partial charge in [-0.2, -0.15) is 0 Å². The maximum absolute atomic E-state index is 12.5. The van der Waals surface area contributed by atoms with E-state index < -0.39 is 0 Å². The molecule has 3 aromatic carbocycles. The smallest absolute Gasteiger partial charge is 0.257 e. The Balaban J connectivity index is 1.41. The number of nitrogens with zero attached hydrogens (tertiary/aromatic N) is 1. The van der Waals surface area contributed by atoms with Crippen molar-refractivity contribution in [3.05, 3.63) is 71.8 Å². The van der Waals surface area contributed by atoms with Crippen LogP contribution in [-0.4, -0.2) is 30.2 Å². The number of ether oxygens (including phenoxy) is 2. The molecule has 0 radical (unpaired) electrons. The minimum Gasteiger partial charge on any atom is -0.493 e. The lowest BCUT2D eigenvalue weighted by atomic mass is 10.2. The van der Waals surface area contributed by atoms with Crippen molar-refractivity contribution in [3.63, 3.8) is 0 Å². The van der Waals surface area contributed by atoms with E-state index in [0.29, 0.717) is 23.0 Å². The summed E-state index contributed by atoms with van der Waals surface area (Å²) in [6, 6.07) is 18.2. The topological polar surface area (TPSA) is 85.6 Å². The molecule has 0 saturated carbocycles. The molecule has 0 aliphatic carbocycles. The molecule has 4 aromatic rings. The van der Waals surface area contributed by atoms with Gasteiger partial charge in [-0.05, 0) is 79.3 Å². The van der Waals surface area contributed by atoms with Crippen LogP contribution >= 0.6 is 12.2 Å². The number of carbonyl (C=O) groups excluding carboxylic acids is 1. The monoisotopic (exact) mass is 447 g/mol. The molecule has 32 heavy (non-hydrogen) atoms. The van der Waals surface area contributed by atoms with E-state index in [1.807, 2.05) is 49.4 Å². The van der Waals surface area contributed by atoms with E-state index in [-0.39, 0.29) is 11.0 Å². The Morgan fingerprint density at radius 3 is 2.44 bits per heavy atom. The molecule has 1 amide bonds. The molecule has 2 N–H and O–H groups in total. The summed E-state index contributed by atoms with van der Waals surface area (Å²) in [6.45, 7) is 2.01. The number of thiocarbonyl (C=S) groups is 1. The number of aromatic nitrogens is 1. The molecule has 0 unspecified atom stereocenters. The number of benzene rings is 3.